The Bertz CT molecular complexity index is 620. The summed E-state index contributed by atoms with van der Waals surface area (Å²) >= 11 is 5.99. The highest BCUT2D eigenvalue weighted by Gasteiger charge is 2.22. The topological polar surface area (TPSA) is 30.7 Å². The smallest absolute Gasteiger partial charge is 0.160 e. The second-order valence-electron chi connectivity index (χ2n) is 6.46. The van der Waals surface area contributed by atoms with Crippen molar-refractivity contribution in [2.24, 2.45) is 5.92 Å². The molecule has 1 saturated carbocycles. The number of hydrogen-bond donors (Lipinski definition) is 0. The Balaban J connectivity index is 2.03. The van der Waals surface area contributed by atoms with Gasteiger partial charge >= 0.3 is 0 Å². The van der Waals surface area contributed by atoms with E-state index < -0.39 is 0 Å². The number of halogens is 1. The van der Waals surface area contributed by atoms with Crippen LogP contribution in [-0.2, 0) is 6.42 Å². The number of pyridine rings is 1. The third-order valence-corrected chi connectivity index (χ3v) is 4.84. The number of hydrogen-bond acceptors (Lipinski definition) is 2. The number of imidazole rings is 1. The predicted octanol–water partition coefficient (Wildman–Crippen LogP) is 4.66. The lowest BCUT2D eigenvalue weighted by atomic mass is 10.0. The quantitative estimate of drug-likeness (QED) is 0.610. The minimum atomic E-state index is 0.536. The van der Waals surface area contributed by atoms with Crippen molar-refractivity contribution >= 4 is 22.8 Å². The van der Waals surface area contributed by atoms with Gasteiger partial charge in [-0.15, -0.1) is 11.6 Å². The molecule has 3 nitrogen and oxygen atoms in total. The number of nitrogens with zero attached hydrogens (tertiary/aromatic N) is 3. The summed E-state index contributed by atoms with van der Waals surface area (Å²) < 4.78 is 2.38. The zero-order valence-corrected chi connectivity index (χ0v) is 13.7. The molecule has 1 fully saturated rings. The second kappa shape index (κ2) is 6.35. The Kier molecular flexibility index (Phi) is 4.48. The van der Waals surface area contributed by atoms with Crippen LogP contribution in [0.15, 0.2) is 12.3 Å². The van der Waals surface area contributed by atoms with Crippen molar-refractivity contribution in [2.45, 2.75) is 58.4 Å². The average molecular weight is 306 g/mol. The minimum Gasteiger partial charge on any atom is -0.310 e. The Morgan fingerprint density at radius 1 is 1.29 bits per heavy atom. The number of aromatic nitrogens is 3. The van der Waals surface area contributed by atoms with Gasteiger partial charge in [-0.25, -0.2) is 9.97 Å². The molecule has 0 spiro atoms. The van der Waals surface area contributed by atoms with Gasteiger partial charge in [0.05, 0.1) is 0 Å². The molecule has 0 saturated heterocycles. The van der Waals surface area contributed by atoms with Gasteiger partial charge in [0.15, 0.2) is 5.65 Å². The molecule has 1 aliphatic carbocycles. The molecule has 1 aliphatic rings. The maximum Gasteiger partial charge on any atom is 0.160 e. The fourth-order valence-corrected chi connectivity index (χ4v) is 3.67. The number of aryl methyl sites for hydroxylation is 2. The number of rotatable bonds is 3. The fourth-order valence-electron chi connectivity index (χ4n) is 3.50. The van der Waals surface area contributed by atoms with Crippen LogP contribution in [0.25, 0.3) is 11.2 Å². The van der Waals surface area contributed by atoms with Gasteiger partial charge in [-0.05, 0) is 43.7 Å². The van der Waals surface area contributed by atoms with Crippen molar-refractivity contribution in [2.75, 3.05) is 5.88 Å². The van der Waals surface area contributed by atoms with Crippen molar-refractivity contribution in [3.8, 4) is 0 Å². The van der Waals surface area contributed by atoms with E-state index in [0.717, 1.165) is 29.3 Å². The molecule has 0 N–H and O–H groups in total. The van der Waals surface area contributed by atoms with E-state index in [9.17, 15) is 0 Å². The second-order valence-corrected chi connectivity index (χ2v) is 6.84. The molecule has 2 heterocycles. The lowest BCUT2D eigenvalue weighted by Gasteiger charge is -2.19. The molecule has 3 rings (SSSR count). The van der Waals surface area contributed by atoms with Crippen molar-refractivity contribution in [3.05, 3.63) is 23.7 Å². The lowest BCUT2D eigenvalue weighted by molar-refractivity contribution is 0.429. The van der Waals surface area contributed by atoms with Crippen LogP contribution in [0.3, 0.4) is 0 Å². The van der Waals surface area contributed by atoms with Gasteiger partial charge in [0.1, 0.15) is 11.3 Å². The van der Waals surface area contributed by atoms with Crippen LogP contribution < -0.4 is 0 Å². The molecule has 0 aliphatic heterocycles. The summed E-state index contributed by atoms with van der Waals surface area (Å²) in [5.41, 5.74) is 3.23. The van der Waals surface area contributed by atoms with Crippen LogP contribution >= 0.6 is 11.6 Å². The van der Waals surface area contributed by atoms with Crippen LogP contribution in [0.2, 0.25) is 0 Å². The molecule has 21 heavy (non-hydrogen) atoms. The Morgan fingerprint density at radius 2 is 2.14 bits per heavy atom. The molecule has 2 aromatic heterocycles. The third kappa shape index (κ3) is 3.08. The first kappa shape index (κ1) is 14.8. The fraction of sp³-hybridized carbons (Fsp3) is 0.647. The zero-order chi connectivity index (χ0) is 14.8. The van der Waals surface area contributed by atoms with Gasteiger partial charge in [0, 0.05) is 24.5 Å². The summed E-state index contributed by atoms with van der Waals surface area (Å²) in [7, 11) is 0. The van der Waals surface area contributed by atoms with Crippen LogP contribution in [0.4, 0.5) is 0 Å². The van der Waals surface area contributed by atoms with Crippen molar-refractivity contribution < 1.29 is 0 Å². The van der Waals surface area contributed by atoms with Crippen LogP contribution in [-0.4, -0.2) is 20.4 Å². The van der Waals surface area contributed by atoms with Gasteiger partial charge in [0.2, 0.25) is 0 Å². The molecule has 4 heteroatoms. The number of alkyl halides is 1. The van der Waals surface area contributed by atoms with Crippen LogP contribution in [0, 0.1) is 12.8 Å². The van der Waals surface area contributed by atoms with Gasteiger partial charge in [-0.2, -0.15) is 0 Å². The van der Waals surface area contributed by atoms with Crippen LogP contribution in [0.5, 0.6) is 0 Å². The molecule has 0 amide bonds. The van der Waals surface area contributed by atoms with Gasteiger partial charge < -0.3 is 4.57 Å². The highest BCUT2D eigenvalue weighted by atomic mass is 35.5. The average Bonchev–Trinajstić information content (AvgIpc) is 2.65. The summed E-state index contributed by atoms with van der Waals surface area (Å²) in [4.78, 5) is 9.47. The predicted molar refractivity (Wildman–Crippen MR) is 88.0 cm³/mol. The van der Waals surface area contributed by atoms with E-state index in [0.29, 0.717) is 11.9 Å². The van der Waals surface area contributed by atoms with Crippen LogP contribution in [0.1, 0.15) is 56.5 Å². The first-order valence-electron chi connectivity index (χ1n) is 8.08. The molecule has 2 aromatic rings. The Morgan fingerprint density at radius 3 is 2.95 bits per heavy atom. The maximum absolute atomic E-state index is 5.99. The molecular weight excluding hydrogens is 282 g/mol. The molecule has 114 valence electrons. The van der Waals surface area contributed by atoms with Crippen molar-refractivity contribution in [1.29, 1.82) is 0 Å². The van der Waals surface area contributed by atoms with E-state index in [-0.39, 0.29) is 0 Å². The highest BCUT2D eigenvalue weighted by molar-refractivity contribution is 6.17. The molecular formula is C17H24ClN3. The molecule has 0 bridgehead atoms. The highest BCUT2D eigenvalue weighted by Crippen LogP contribution is 2.33. The SMILES string of the molecule is Cc1cnc2c(c1)nc(CCCl)n2C1CCCC(C)CC1. The van der Waals surface area contributed by atoms with E-state index in [4.69, 9.17) is 16.6 Å². The molecule has 2 unspecified atom stereocenters. The molecule has 2 atom stereocenters. The van der Waals surface area contributed by atoms with E-state index in [1.54, 1.807) is 0 Å². The molecule has 0 radical (unpaired) electrons. The van der Waals surface area contributed by atoms with Crippen molar-refractivity contribution in [3.63, 3.8) is 0 Å². The van der Waals surface area contributed by atoms with Gasteiger partial charge in [0.25, 0.3) is 0 Å². The van der Waals surface area contributed by atoms with E-state index in [2.05, 4.69) is 29.5 Å². The standard InChI is InChI=1S/C17H24ClN3/c1-12-4-3-5-14(7-6-12)21-16(8-9-18)20-15-10-13(2)11-19-17(15)21/h10-12,14H,3-9H2,1-2H3. The van der Waals surface area contributed by atoms with Gasteiger partial charge in [-0.1, -0.05) is 19.8 Å². The van der Waals surface area contributed by atoms with Gasteiger partial charge in [-0.3, -0.25) is 0 Å². The van der Waals surface area contributed by atoms with E-state index >= 15 is 0 Å². The Hall–Kier alpha value is -1.09. The molecule has 0 aromatic carbocycles. The summed E-state index contributed by atoms with van der Waals surface area (Å²) in [5, 5.41) is 0. The van der Waals surface area contributed by atoms with E-state index in [1.165, 1.54) is 37.7 Å². The largest absolute Gasteiger partial charge is 0.310 e. The normalized spacial score (nSPS) is 23.4. The third-order valence-electron chi connectivity index (χ3n) is 4.65. The van der Waals surface area contributed by atoms with Crippen molar-refractivity contribution in [1.82, 2.24) is 14.5 Å². The summed E-state index contributed by atoms with van der Waals surface area (Å²) in [6, 6.07) is 2.67. The lowest BCUT2D eigenvalue weighted by Crippen LogP contribution is -2.13. The van der Waals surface area contributed by atoms with E-state index in [1.807, 2.05) is 6.20 Å². The number of fused-ring (bicyclic) bond motifs is 1. The monoisotopic (exact) mass is 305 g/mol. The summed E-state index contributed by atoms with van der Waals surface area (Å²) in [5.74, 6) is 2.57. The Labute approximate surface area is 131 Å². The zero-order valence-electron chi connectivity index (χ0n) is 13.0. The maximum atomic E-state index is 5.99. The minimum absolute atomic E-state index is 0.536. The first-order valence-corrected chi connectivity index (χ1v) is 8.62. The summed E-state index contributed by atoms with van der Waals surface area (Å²) in [6.07, 6.45) is 9.19. The summed E-state index contributed by atoms with van der Waals surface area (Å²) in [6.45, 7) is 4.44. The first-order chi connectivity index (χ1) is 10.2.